The van der Waals surface area contributed by atoms with Gasteiger partial charge in [0, 0.05) is 7.11 Å². The summed E-state index contributed by atoms with van der Waals surface area (Å²) >= 11 is 0. The predicted octanol–water partition coefficient (Wildman–Crippen LogP) is 1.84. The van der Waals surface area contributed by atoms with Gasteiger partial charge in [0.05, 0.1) is 6.54 Å². The van der Waals surface area contributed by atoms with Crippen LogP contribution in [0.2, 0.25) is 0 Å². The van der Waals surface area contributed by atoms with Gasteiger partial charge in [-0.05, 0) is 26.3 Å². The smallest absolute Gasteiger partial charge is 0.247 e. The molecule has 0 fully saturated rings. The van der Waals surface area contributed by atoms with Gasteiger partial charge in [-0.3, -0.25) is 0 Å². The van der Waals surface area contributed by atoms with Crippen LogP contribution < -0.4 is 5.32 Å². The molecule has 0 aliphatic heterocycles. The first-order valence-electron chi connectivity index (χ1n) is 5.75. The maximum atomic E-state index is 5.57. The quantitative estimate of drug-likeness (QED) is 0.720. The molecule has 1 aromatic heterocycles. The van der Waals surface area contributed by atoms with E-state index in [1.54, 1.807) is 7.11 Å². The standard InChI is InChI=1S/C11H21N3O2/c1-5-7-12-8-9-13-14-10(16-9)11(3,6-2)15-4/h12H,5-8H2,1-4H3. The molecule has 5 heteroatoms. The van der Waals surface area contributed by atoms with Crippen LogP contribution in [0.25, 0.3) is 0 Å². The molecule has 0 bridgehead atoms. The van der Waals surface area contributed by atoms with Crippen LogP contribution in [-0.4, -0.2) is 23.9 Å². The summed E-state index contributed by atoms with van der Waals surface area (Å²) in [6.07, 6.45) is 1.89. The third kappa shape index (κ3) is 3.02. The second kappa shape index (κ2) is 5.96. The van der Waals surface area contributed by atoms with Gasteiger partial charge in [0.15, 0.2) is 0 Å². The maximum absolute atomic E-state index is 5.57. The molecule has 1 unspecified atom stereocenters. The van der Waals surface area contributed by atoms with Gasteiger partial charge in [0.2, 0.25) is 11.8 Å². The van der Waals surface area contributed by atoms with Gasteiger partial charge < -0.3 is 14.5 Å². The minimum absolute atomic E-state index is 0.476. The van der Waals surface area contributed by atoms with Crippen LogP contribution in [0, 0.1) is 0 Å². The third-order valence-corrected chi connectivity index (χ3v) is 2.75. The normalized spacial score (nSPS) is 15.0. The summed E-state index contributed by atoms with van der Waals surface area (Å²) in [5.41, 5.74) is -0.476. The van der Waals surface area contributed by atoms with E-state index < -0.39 is 5.60 Å². The van der Waals surface area contributed by atoms with E-state index in [4.69, 9.17) is 9.15 Å². The SMILES string of the molecule is CCCNCc1nnc(C(C)(CC)OC)o1. The zero-order valence-corrected chi connectivity index (χ0v) is 10.5. The topological polar surface area (TPSA) is 60.2 Å². The van der Waals surface area contributed by atoms with E-state index in [0.29, 0.717) is 18.3 Å². The molecule has 0 saturated carbocycles. The number of methoxy groups -OCH3 is 1. The lowest BCUT2D eigenvalue weighted by molar-refractivity contribution is -0.0242. The van der Waals surface area contributed by atoms with Crippen molar-refractivity contribution in [3.05, 3.63) is 11.8 Å². The number of aromatic nitrogens is 2. The number of hydrogen-bond donors (Lipinski definition) is 1. The van der Waals surface area contributed by atoms with Crippen LogP contribution in [0.1, 0.15) is 45.4 Å². The van der Waals surface area contributed by atoms with Crippen molar-refractivity contribution in [1.82, 2.24) is 15.5 Å². The molecule has 1 heterocycles. The van der Waals surface area contributed by atoms with Crippen molar-refractivity contribution >= 4 is 0 Å². The Labute approximate surface area is 96.6 Å². The van der Waals surface area contributed by atoms with Crippen molar-refractivity contribution in [2.24, 2.45) is 0 Å². The van der Waals surface area contributed by atoms with Gasteiger partial charge in [-0.25, -0.2) is 0 Å². The summed E-state index contributed by atoms with van der Waals surface area (Å²) in [4.78, 5) is 0. The third-order valence-electron chi connectivity index (χ3n) is 2.75. The molecule has 0 saturated heterocycles. The highest BCUT2D eigenvalue weighted by atomic mass is 16.5. The highest BCUT2D eigenvalue weighted by Gasteiger charge is 2.30. The first kappa shape index (κ1) is 13.1. The number of nitrogens with one attached hydrogen (secondary N) is 1. The molecule has 0 spiro atoms. The Morgan fingerprint density at radius 1 is 1.38 bits per heavy atom. The molecule has 5 nitrogen and oxygen atoms in total. The molecule has 0 aliphatic carbocycles. The Morgan fingerprint density at radius 2 is 2.12 bits per heavy atom. The van der Waals surface area contributed by atoms with Crippen molar-refractivity contribution in [2.45, 2.75) is 45.8 Å². The first-order chi connectivity index (χ1) is 7.66. The Balaban J connectivity index is 2.63. The highest BCUT2D eigenvalue weighted by molar-refractivity contribution is 4.95. The molecule has 0 aromatic carbocycles. The maximum Gasteiger partial charge on any atom is 0.247 e. The highest BCUT2D eigenvalue weighted by Crippen LogP contribution is 2.26. The second-order valence-corrected chi connectivity index (χ2v) is 3.97. The Kier molecular flexibility index (Phi) is 4.89. The number of ether oxygens (including phenoxy) is 1. The molecular formula is C11H21N3O2. The Morgan fingerprint density at radius 3 is 2.69 bits per heavy atom. The van der Waals surface area contributed by atoms with Crippen LogP contribution in [0.15, 0.2) is 4.42 Å². The van der Waals surface area contributed by atoms with Gasteiger partial charge in [-0.2, -0.15) is 0 Å². The summed E-state index contributed by atoms with van der Waals surface area (Å²) in [6.45, 7) is 7.66. The fourth-order valence-corrected chi connectivity index (χ4v) is 1.29. The van der Waals surface area contributed by atoms with E-state index in [0.717, 1.165) is 19.4 Å². The molecule has 0 amide bonds. The van der Waals surface area contributed by atoms with Gasteiger partial charge in [-0.1, -0.05) is 13.8 Å². The van der Waals surface area contributed by atoms with Crippen molar-refractivity contribution < 1.29 is 9.15 Å². The summed E-state index contributed by atoms with van der Waals surface area (Å²) in [6, 6.07) is 0. The van der Waals surface area contributed by atoms with E-state index in [9.17, 15) is 0 Å². The molecule has 16 heavy (non-hydrogen) atoms. The Hall–Kier alpha value is -0.940. The van der Waals surface area contributed by atoms with Gasteiger partial charge in [0.1, 0.15) is 5.60 Å². The van der Waals surface area contributed by atoms with Gasteiger partial charge in [0.25, 0.3) is 0 Å². The van der Waals surface area contributed by atoms with E-state index in [-0.39, 0.29) is 0 Å². The molecule has 0 aliphatic rings. The fraction of sp³-hybridized carbons (Fsp3) is 0.818. The number of hydrogen-bond acceptors (Lipinski definition) is 5. The first-order valence-corrected chi connectivity index (χ1v) is 5.75. The summed E-state index contributed by atoms with van der Waals surface area (Å²) in [5, 5.41) is 11.2. The average Bonchev–Trinajstić information content (AvgIpc) is 2.78. The van der Waals surface area contributed by atoms with E-state index >= 15 is 0 Å². The Bertz CT molecular complexity index is 308. The molecule has 1 rings (SSSR count). The lowest BCUT2D eigenvalue weighted by atomic mass is 10.0. The lowest BCUT2D eigenvalue weighted by Gasteiger charge is -2.21. The van der Waals surface area contributed by atoms with Crippen molar-refractivity contribution in [3.63, 3.8) is 0 Å². The molecule has 0 radical (unpaired) electrons. The van der Waals surface area contributed by atoms with Crippen molar-refractivity contribution in [3.8, 4) is 0 Å². The molecule has 92 valence electrons. The van der Waals surface area contributed by atoms with Crippen LogP contribution in [0.3, 0.4) is 0 Å². The van der Waals surface area contributed by atoms with Crippen LogP contribution in [0.4, 0.5) is 0 Å². The minimum Gasteiger partial charge on any atom is -0.421 e. The van der Waals surface area contributed by atoms with Gasteiger partial charge in [-0.15, -0.1) is 10.2 Å². The fourth-order valence-electron chi connectivity index (χ4n) is 1.29. The minimum atomic E-state index is -0.476. The van der Waals surface area contributed by atoms with Crippen molar-refractivity contribution in [1.29, 1.82) is 0 Å². The van der Waals surface area contributed by atoms with Crippen LogP contribution in [-0.2, 0) is 16.9 Å². The molecule has 1 N–H and O–H groups in total. The summed E-state index contributed by atoms with van der Waals surface area (Å²) in [7, 11) is 1.66. The summed E-state index contributed by atoms with van der Waals surface area (Å²) in [5.74, 6) is 1.16. The van der Waals surface area contributed by atoms with Crippen LogP contribution >= 0.6 is 0 Å². The van der Waals surface area contributed by atoms with Gasteiger partial charge >= 0.3 is 0 Å². The number of nitrogens with zero attached hydrogens (tertiary/aromatic N) is 2. The zero-order valence-electron chi connectivity index (χ0n) is 10.5. The van der Waals surface area contributed by atoms with Crippen molar-refractivity contribution in [2.75, 3.05) is 13.7 Å². The average molecular weight is 227 g/mol. The zero-order chi connectivity index (χ0) is 12.0. The van der Waals surface area contributed by atoms with E-state index in [1.807, 2.05) is 13.8 Å². The van der Waals surface area contributed by atoms with E-state index in [1.165, 1.54) is 0 Å². The molecule has 1 aromatic rings. The number of rotatable bonds is 7. The summed E-state index contributed by atoms with van der Waals surface area (Å²) < 4.78 is 11.0. The predicted molar refractivity (Wildman–Crippen MR) is 60.9 cm³/mol. The lowest BCUT2D eigenvalue weighted by Crippen LogP contribution is -2.23. The molecule has 1 atom stereocenters. The second-order valence-electron chi connectivity index (χ2n) is 3.97. The van der Waals surface area contributed by atoms with E-state index in [2.05, 4.69) is 22.4 Å². The molecular weight excluding hydrogens is 206 g/mol. The van der Waals surface area contributed by atoms with Crippen LogP contribution in [0.5, 0.6) is 0 Å². The largest absolute Gasteiger partial charge is 0.421 e. The monoisotopic (exact) mass is 227 g/mol.